The highest BCUT2D eigenvalue weighted by Gasteiger charge is 2.27. The SMILES string of the molecule is O=C(NC1CCOCC1O)c1cc(Cc2ccc(Cl)nc2)c2ccccc2c1F. The molecule has 2 heterocycles. The van der Waals surface area contributed by atoms with Crippen molar-refractivity contribution in [2.24, 2.45) is 0 Å². The van der Waals surface area contributed by atoms with Gasteiger partial charge in [-0.15, -0.1) is 0 Å². The Labute approximate surface area is 172 Å². The van der Waals surface area contributed by atoms with E-state index in [-0.39, 0.29) is 12.2 Å². The molecule has 0 bridgehead atoms. The van der Waals surface area contributed by atoms with Gasteiger partial charge in [0.15, 0.2) is 0 Å². The molecule has 4 rings (SSSR count). The van der Waals surface area contributed by atoms with Gasteiger partial charge in [0, 0.05) is 18.2 Å². The van der Waals surface area contributed by atoms with Crippen molar-refractivity contribution in [1.29, 1.82) is 0 Å². The minimum absolute atomic E-state index is 0.0423. The zero-order chi connectivity index (χ0) is 20.4. The Morgan fingerprint density at radius 2 is 2.07 bits per heavy atom. The first-order valence-corrected chi connectivity index (χ1v) is 9.78. The number of carbonyl (C=O) groups excluding carboxylic acids is 1. The van der Waals surface area contributed by atoms with Crippen LogP contribution < -0.4 is 5.32 Å². The standard InChI is InChI=1S/C22H20ClFN2O3/c23-20-6-5-13(11-25-20)9-14-10-17(21(24)16-4-2-1-3-15(14)16)22(28)26-18-7-8-29-12-19(18)27/h1-6,10-11,18-19,27H,7-9,12H2,(H,26,28). The van der Waals surface area contributed by atoms with Crippen molar-refractivity contribution in [3.05, 3.63) is 76.3 Å². The second-order valence-electron chi connectivity index (χ2n) is 7.12. The molecule has 0 spiro atoms. The number of benzene rings is 2. The molecule has 150 valence electrons. The highest BCUT2D eigenvalue weighted by Crippen LogP contribution is 2.27. The van der Waals surface area contributed by atoms with Gasteiger partial charge >= 0.3 is 0 Å². The molecular formula is C22H20ClFN2O3. The molecule has 2 atom stereocenters. The van der Waals surface area contributed by atoms with Gasteiger partial charge in [-0.05, 0) is 41.5 Å². The van der Waals surface area contributed by atoms with E-state index in [0.29, 0.717) is 30.0 Å². The Balaban J connectivity index is 1.71. The van der Waals surface area contributed by atoms with E-state index in [1.807, 2.05) is 18.2 Å². The molecule has 2 N–H and O–H groups in total. The number of hydrogen-bond donors (Lipinski definition) is 2. The van der Waals surface area contributed by atoms with E-state index in [0.717, 1.165) is 16.5 Å². The van der Waals surface area contributed by atoms with Crippen molar-refractivity contribution < 1.29 is 19.0 Å². The van der Waals surface area contributed by atoms with Crippen LogP contribution in [-0.4, -0.2) is 41.4 Å². The van der Waals surface area contributed by atoms with Gasteiger partial charge in [-0.1, -0.05) is 41.9 Å². The van der Waals surface area contributed by atoms with Gasteiger partial charge in [0.1, 0.15) is 11.0 Å². The van der Waals surface area contributed by atoms with Crippen LogP contribution in [0, 0.1) is 5.82 Å². The van der Waals surface area contributed by atoms with Crippen LogP contribution in [0.1, 0.15) is 27.9 Å². The van der Waals surface area contributed by atoms with E-state index in [1.54, 1.807) is 30.5 Å². The summed E-state index contributed by atoms with van der Waals surface area (Å²) in [6.45, 7) is 0.594. The van der Waals surface area contributed by atoms with E-state index >= 15 is 4.39 Å². The predicted octanol–water partition coefficient (Wildman–Crippen LogP) is 3.50. The molecule has 5 nitrogen and oxygen atoms in total. The van der Waals surface area contributed by atoms with Crippen molar-refractivity contribution in [1.82, 2.24) is 10.3 Å². The predicted molar refractivity (Wildman–Crippen MR) is 109 cm³/mol. The number of aliphatic hydroxyl groups is 1. The Hall–Kier alpha value is -2.54. The maximum Gasteiger partial charge on any atom is 0.254 e. The lowest BCUT2D eigenvalue weighted by Gasteiger charge is -2.28. The van der Waals surface area contributed by atoms with Crippen molar-refractivity contribution in [2.45, 2.75) is 25.0 Å². The van der Waals surface area contributed by atoms with Gasteiger partial charge in [0.25, 0.3) is 5.91 Å². The number of halogens is 2. The number of ether oxygens (including phenoxy) is 1. The number of pyridine rings is 1. The maximum atomic E-state index is 15.2. The Morgan fingerprint density at radius 1 is 1.28 bits per heavy atom. The van der Waals surface area contributed by atoms with Crippen molar-refractivity contribution in [3.63, 3.8) is 0 Å². The molecule has 1 aliphatic heterocycles. The minimum atomic E-state index is -0.809. The van der Waals surface area contributed by atoms with Crippen LogP contribution in [0.15, 0.2) is 48.7 Å². The average molecular weight is 415 g/mol. The molecule has 0 saturated carbocycles. The lowest BCUT2D eigenvalue weighted by molar-refractivity contribution is -0.0261. The highest BCUT2D eigenvalue weighted by molar-refractivity contribution is 6.29. The number of nitrogens with zero attached hydrogens (tertiary/aromatic N) is 1. The van der Waals surface area contributed by atoms with Crippen LogP contribution in [0.3, 0.4) is 0 Å². The summed E-state index contributed by atoms with van der Waals surface area (Å²) in [5.41, 5.74) is 1.67. The maximum absolute atomic E-state index is 15.2. The van der Waals surface area contributed by atoms with E-state index in [4.69, 9.17) is 16.3 Å². The van der Waals surface area contributed by atoms with Crippen LogP contribution in [-0.2, 0) is 11.2 Å². The molecule has 1 fully saturated rings. The third kappa shape index (κ3) is 4.24. The zero-order valence-corrected chi connectivity index (χ0v) is 16.3. The van der Waals surface area contributed by atoms with Crippen LogP contribution in [0.4, 0.5) is 4.39 Å². The number of fused-ring (bicyclic) bond motifs is 1. The van der Waals surface area contributed by atoms with Crippen molar-refractivity contribution >= 4 is 28.3 Å². The molecule has 3 aromatic rings. The summed E-state index contributed by atoms with van der Waals surface area (Å²) >= 11 is 5.86. The molecule has 0 aliphatic carbocycles. The number of carbonyl (C=O) groups is 1. The molecule has 1 saturated heterocycles. The van der Waals surface area contributed by atoms with Crippen molar-refractivity contribution in [2.75, 3.05) is 13.2 Å². The lowest BCUT2D eigenvalue weighted by Crippen LogP contribution is -2.48. The zero-order valence-electron chi connectivity index (χ0n) is 15.6. The number of hydrogen-bond acceptors (Lipinski definition) is 4. The Kier molecular flexibility index (Phi) is 5.76. The van der Waals surface area contributed by atoms with E-state index in [1.165, 1.54) is 0 Å². The molecule has 2 unspecified atom stereocenters. The topological polar surface area (TPSA) is 71.5 Å². The van der Waals surface area contributed by atoms with Gasteiger partial charge in [0.05, 0.1) is 24.3 Å². The van der Waals surface area contributed by atoms with Crippen LogP contribution >= 0.6 is 11.6 Å². The summed E-state index contributed by atoms with van der Waals surface area (Å²) < 4.78 is 20.3. The highest BCUT2D eigenvalue weighted by atomic mass is 35.5. The van der Waals surface area contributed by atoms with Gasteiger partial charge in [-0.3, -0.25) is 4.79 Å². The third-order valence-electron chi connectivity index (χ3n) is 5.14. The smallest absolute Gasteiger partial charge is 0.254 e. The third-order valence-corrected chi connectivity index (χ3v) is 5.36. The first kappa shape index (κ1) is 19.8. The molecule has 1 aromatic heterocycles. The van der Waals surface area contributed by atoms with Gasteiger partial charge in [0.2, 0.25) is 0 Å². The first-order chi connectivity index (χ1) is 14.0. The summed E-state index contributed by atoms with van der Waals surface area (Å²) in [4.78, 5) is 16.9. The average Bonchev–Trinajstić information content (AvgIpc) is 2.73. The van der Waals surface area contributed by atoms with Gasteiger partial charge < -0.3 is 15.2 Å². The van der Waals surface area contributed by atoms with Crippen molar-refractivity contribution in [3.8, 4) is 0 Å². The molecule has 29 heavy (non-hydrogen) atoms. The Bertz CT molecular complexity index is 1040. The lowest BCUT2D eigenvalue weighted by atomic mass is 9.95. The molecule has 7 heteroatoms. The summed E-state index contributed by atoms with van der Waals surface area (Å²) in [6, 6.07) is 11.7. The fraction of sp³-hybridized carbons (Fsp3) is 0.273. The minimum Gasteiger partial charge on any atom is -0.389 e. The molecule has 2 aromatic carbocycles. The fourth-order valence-corrected chi connectivity index (χ4v) is 3.71. The monoisotopic (exact) mass is 414 g/mol. The second-order valence-corrected chi connectivity index (χ2v) is 7.51. The number of rotatable bonds is 4. The molecule has 1 amide bonds. The summed E-state index contributed by atoms with van der Waals surface area (Å²) in [7, 11) is 0. The first-order valence-electron chi connectivity index (χ1n) is 9.40. The largest absolute Gasteiger partial charge is 0.389 e. The van der Waals surface area contributed by atoms with E-state index < -0.39 is 23.9 Å². The number of aromatic nitrogens is 1. The van der Waals surface area contributed by atoms with Gasteiger partial charge in [-0.2, -0.15) is 0 Å². The summed E-state index contributed by atoms with van der Waals surface area (Å²) in [5, 5.41) is 14.3. The molecular weight excluding hydrogens is 395 g/mol. The molecule has 0 radical (unpaired) electrons. The quantitative estimate of drug-likeness (QED) is 0.641. The number of amides is 1. The summed E-state index contributed by atoms with van der Waals surface area (Å²) in [5.74, 6) is -1.12. The summed E-state index contributed by atoms with van der Waals surface area (Å²) in [6.07, 6.45) is 1.81. The van der Waals surface area contributed by atoms with Crippen LogP contribution in [0.25, 0.3) is 10.8 Å². The van der Waals surface area contributed by atoms with Crippen LogP contribution in [0.5, 0.6) is 0 Å². The molecule has 1 aliphatic rings. The normalized spacial score (nSPS) is 19.3. The van der Waals surface area contributed by atoms with Crippen LogP contribution in [0.2, 0.25) is 5.15 Å². The van der Waals surface area contributed by atoms with E-state index in [9.17, 15) is 9.90 Å². The van der Waals surface area contributed by atoms with Gasteiger partial charge in [-0.25, -0.2) is 9.37 Å². The number of nitrogens with one attached hydrogen (secondary N) is 1. The second kappa shape index (κ2) is 8.45. The number of aliphatic hydroxyl groups excluding tert-OH is 1. The van der Waals surface area contributed by atoms with E-state index in [2.05, 4.69) is 10.3 Å². The Morgan fingerprint density at radius 3 is 2.79 bits per heavy atom. The fourth-order valence-electron chi connectivity index (χ4n) is 3.59.